The van der Waals surface area contributed by atoms with Crippen molar-refractivity contribution in [2.24, 2.45) is 0 Å². The molecule has 2 aromatic carbocycles. The number of aromatic nitrogens is 2. The Morgan fingerprint density at radius 1 is 1.07 bits per heavy atom. The van der Waals surface area contributed by atoms with Crippen molar-refractivity contribution in [1.82, 2.24) is 9.78 Å². The lowest BCUT2D eigenvalue weighted by atomic mass is 10.0. The minimum atomic E-state index is -0.671. The van der Waals surface area contributed by atoms with E-state index in [2.05, 4.69) is 11.2 Å². The van der Waals surface area contributed by atoms with Gasteiger partial charge in [-0.15, -0.1) is 0 Å². The zero-order chi connectivity index (χ0) is 21.3. The SMILES string of the molecule is CCOC(=O)/C(C#N)=C/c1cn(CCC#N)nc1-c1ccc(-c2ccccc2)cc1. The van der Waals surface area contributed by atoms with Crippen molar-refractivity contribution in [2.75, 3.05) is 6.61 Å². The van der Waals surface area contributed by atoms with Crippen molar-refractivity contribution in [3.05, 3.63) is 71.9 Å². The fraction of sp³-hybridized carbons (Fsp3) is 0.167. The highest BCUT2D eigenvalue weighted by molar-refractivity contribution is 5.98. The topological polar surface area (TPSA) is 91.7 Å². The summed E-state index contributed by atoms with van der Waals surface area (Å²) >= 11 is 0. The van der Waals surface area contributed by atoms with Gasteiger partial charge in [0.2, 0.25) is 0 Å². The summed E-state index contributed by atoms with van der Waals surface area (Å²) in [6.45, 7) is 2.29. The monoisotopic (exact) mass is 396 g/mol. The number of nitrogens with zero attached hydrogens (tertiary/aromatic N) is 4. The summed E-state index contributed by atoms with van der Waals surface area (Å²) in [7, 11) is 0. The number of esters is 1. The zero-order valence-electron chi connectivity index (χ0n) is 16.6. The van der Waals surface area contributed by atoms with E-state index in [1.54, 1.807) is 17.8 Å². The van der Waals surface area contributed by atoms with Crippen molar-refractivity contribution in [3.8, 4) is 34.5 Å². The molecule has 1 aromatic heterocycles. The summed E-state index contributed by atoms with van der Waals surface area (Å²) < 4.78 is 6.60. The molecule has 0 aliphatic rings. The molecule has 0 unspecified atom stereocenters. The molecular formula is C24H20N4O2. The molecule has 6 heteroatoms. The van der Waals surface area contributed by atoms with Crippen LogP contribution in [0, 0.1) is 22.7 Å². The maximum Gasteiger partial charge on any atom is 0.348 e. The molecule has 0 saturated carbocycles. The molecule has 1 heterocycles. The Morgan fingerprint density at radius 3 is 2.37 bits per heavy atom. The maximum atomic E-state index is 12.0. The van der Waals surface area contributed by atoms with Crippen molar-refractivity contribution in [2.45, 2.75) is 19.9 Å². The van der Waals surface area contributed by atoms with Crippen LogP contribution in [0.15, 0.2) is 66.4 Å². The van der Waals surface area contributed by atoms with Crippen LogP contribution in [0.5, 0.6) is 0 Å². The average molecular weight is 396 g/mol. The molecule has 0 saturated heterocycles. The summed E-state index contributed by atoms with van der Waals surface area (Å²) in [5.74, 6) is -0.671. The fourth-order valence-electron chi connectivity index (χ4n) is 3.00. The average Bonchev–Trinajstić information content (AvgIpc) is 3.19. The van der Waals surface area contributed by atoms with Gasteiger partial charge in [-0.3, -0.25) is 4.68 Å². The van der Waals surface area contributed by atoms with E-state index in [-0.39, 0.29) is 12.2 Å². The predicted octanol–water partition coefficient (Wildman–Crippen LogP) is 4.60. The molecule has 0 amide bonds. The largest absolute Gasteiger partial charge is 0.462 e. The summed E-state index contributed by atoms with van der Waals surface area (Å²) in [4.78, 5) is 12.0. The number of carbonyl (C=O) groups is 1. The Kier molecular flexibility index (Phi) is 6.76. The summed E-state index contributed by atoms with van der Waals surface area (Å²) in [6.07, 6.45) is 3.52. The van der Waals surface area contributed by atoms with Crippen LogP contribution in [-0.4, -0.2) is 22.4 Å². The van der Waals surface area contributed by atoms with Crippen molar-refractivity contribution >= 4 is 12.0 Å². The number of benzene rings is 2. The molecule has 30 heavy (non-hydrogen) atoms. The van der Waals surface area contributed by atoms with E-state index >= 15 is 0 Å². The molecular weight excluding hydrogens is 376 g/mol. The Morgan fingerprint density at radius 2 is 1.73 bits per heavy atom. The molecule has 148 valence electrons. The van der Waals surface area contributed by atoms with E-state index in [4.69, 9.17) is 10.00 Å². The van der Waals surface area contributed by atoms with Crippen LogP contribution < -0.4 is 0 Å². The van der Waals surface area contributed by atoms with E-state index in [1.807, 2.05) is 60.7 Å². The van der Waals surface area contributed by atoms with Gasteiger partial charge in [0.05, 0.1) is 31.3 Å². The van der Waals surface area contributed by atoms with Gasteiger partial charge in [0.1, 0.15) is 11.6 Å². The third-order valence-electron chi connectivity index (χ3n) is 4.42. The van der Waals surface area contributed by atoms with Crippen LogP contribution in [0.1, 0.15) is 18.9 Å². The van der Waals surface area contributed by atoms with Gasteiger partial charge in [-0.05, 0) is 24.1 Å². The van der Waals surface area contributed by atoms with Crippen molar-refractivity contribution in [1.29, 1.82) is 10.5 Å². The first-order valence-electron chi connectivity index (χ1n) is 9.55. The van der Waals surface area contributed by atoms with Gasteiger partial charge >= 0.3 is 5.97 Å². The van der Waals surface area contributed by atoms with Gasteiger partial charge in [0.15, 0.2) is 0 Å². The summed E-state index contributed by atoms with van der Waals surface area (Å²) in [5, 5.41) is 22.8. The molecule has 6 nitrogen and oxygen atoms in total. The quantitative estimate of drug-likeness (QED) is 0.331. The maximum absolute atomic E-state index is 12.0. The van der Waals surface area contributed by atoms with Crippen molar-refractivity contribution < 1.29 is 9.53 Å². The fourth-order valence-corrected chi connectivity index (χ4v) is 3.00. The molecule has 0 N–H and O–H groups in total. The van der Waals surface area contributed by atoms with Crippen LogP contribution in [0.2, 0.25) is 0 Å². The van der Waals surface area contributed by atoms with E-state index < -0.39 is 5.97 Å². The van der Waals surface area contributed by atoms with Crippen LogP contribution in [-0.2, 0) is 16.1 Å². The van der Waals surface area contributed by atoms with Gasteiger partial charge in [-0.1, -0.05) is 54.6 Å². The summed E-state index contributed by atoms with van der Waals surface area (Å²) in [5.41, 5.74) is 4.17. The molecule has 0 spiro atoms. The van der Waals surface area contributed by atoms with Gasteiger partial charge < -0.3 is 4.74 Å². The number of carbonyl (C=O) groups excluding carboxylic acids is 1. The number of ether oxygens (including phenoxy) is 1. The van der Waals surface area contributed by atoms with Crippen LogP contribution in [0.25, 0.3) is 28.5 Å². The second kappa shape index (κ2) is 9.86. The number of hydrogen-bond acceptors (Lipinski definition) is 5. The number of hydrogen-bond donors (Lipinski definition) is 0. The van der Waals surface area contributed by atoms with Gasteiger partial charge in [-0.2, -0.15) is 15.6 Å². The number of nitriles is 2. The summed E-state index contributed by atoms with van der Waals surface area (Å²) in [6, 6.07) is 21.9. The highest BCUT2D eigenvalue weighted by Gasteiger charge is 2.15. The van der Waals surface area contributed by atoms with Crippen molar-refractivity contribution in [3.63, 3.8) is 0 Å². The lowest BCUT2D eigenvalue weighted by molar-refractivity contribution is -0.137. The second-order valence-corrected chi connectivity index (χ2v) is 6.44. The number of aryl methyl sites for hydroxylation is 1. The molecule has 0 bridgehead atoms. The highest BCUT2D eigenvalue weighted by atomic mass is 16.5. The smallest absolute Gasteiger partial charge is 0.348 e. The lowest BCUT2D eigenvalue weighted by Gasteiger charge is -2.04. The van der Waals surface area contributed by atoms with E-state index in [1.165, 1.54) is 6.08 Å². The molecule has 0 aliphatic heterocycles. The standard InChI is InChI=1S/C24H20N4O2/c1-2-30-24(29)21(16-26)15-22-17-28(14-6-13-25)27-23(22)20-11-9-19(10-12-20)18-7-4-3-5-8-18/h3-5,7-12,15,17H,2,6,14H2,1H3/b21-15+. The Bertz CT molecular complexity index is 1130. The molecule has 0 atom stereocenters. The third-order valence-corrected chi connectivity index (χ3v) is 4.42. The molecule has 0 aliphatic carbocycles. The van der Waals surface area contributed by atoms with Crippen LogP contribution >= 0.6 is 0 Å². The Balaban J connectivity index is 2.01. The minimum Gasteiger partial charge on any atom is -0.462 e. The normalized spacial score (nSPS) is 10.8. The molecule has 3 rings (SSSR count). The highest BCUT2D eigenvalue weighted by Crippen LogP contribution is 2.27. The first kappa shape index (κ1) is 20.6. The van der Waals surface area contributed by atoms with E-state index in [0.717, 1.165) is 16.7 Å². The second-order valence-electron chi connectivity index (χ2n) is 6.44. The first-order valence-corrected chi connectivity index (χ1v) is 9.55. The van der Waals surface area contributed by atoms with Crippen LogP contribution in [0.4, 0.5) is 0 Å². The Hall–Kier alpha value is -4.16. The van der Waals surface area contributed by atoms with Crippen LogP contribution in [0.3, 0.4) is 0 Å². The minimum absolute atomic E-state index is 0.0983. The molecule has 3 aromatic rings. The van der Waals surface area contributed by atoms with Gasteiger partial charge in [0.25, 0.3) is 0 Å². The molecule has 0 radical (unpaired) electrons. The van der Waals surface area contributed by atoms with E-state index in [9.17, 15) is 10.1 Å². The first-order chi connectivity index (χ1) is 14.7. The van der Waals surface area contributed by atoms with Gasteiger partial charge in [-0.25, -0.2) is 4.79 Å². The third kappa shape index (κ3) is 4.81. The van der Waals surface area contributed by atoms with Gasteiger partial charge in [0, 0.05) is 17.3 Å². The predicted molar refractivity (Wildman–Crippen MR) is 114 cm³/mol. The zero-order valence-corrected chi connectivity index (χ0v) is 16.6. The molecule has 0 fully saturated rings. The number of rotatable bonds is 7. The lowest BCUT2D eigenvalue weighted by Crippen LogP contribution is -2.06. The van der Waals surface area contributed by atoms with E-state index in [0.29, 0.717) is 24.2 Å². The Labute approximate surface area is 175 Å².